The number of azide groups is 1. The van der Waals surface area contributed by atoms with Crippen molar-refractivity contribution in [1.29, 1.82) is 0 Å². The molecule has 1 rings (SSSR count). The van der Waals surface area contributed by atoms with Crippen molar-refractivity contribution >= 4 is 6.09 Å². The summed E-state index contributed by atoms with van der Waals surface area (Å²) >= 11 is 0. The standard InChI is InChI=1S/C10H18N4O3/c1-2-17-10(16)14-5-3-8(4-6-14)9(7-15)12-13-11/h8-9,15H,2-7H2,1H3. The van der Waals surface area contributed by atoms with E-state index >= 15 is 0 Å². The van der Waals surface area contributed by atoms with Crippen molar-refractivity contribution in [2.45, 2.75) is 25.8 Å². The van der Waals surface area contributed by atoms with Crippen LogP contribution in [0.15, 0.2) is 5.11 Å². The molecule has 1 aliphatic rings. The second-order valence-electron chi connectivity index (χ2n) is 3.98. The highest BCUT2D eigenvalue weighted by Gasteiger charge is 2.28. The number of carbonyl (C=O) groups is 1. The van der Waals surface area contributed by atoms with Crippen LogP contribution in [0.2, 0.25) is 0 Å². The smallest absolute Gasteiger partial charge is 0.409 e. The van der Waals surface area contributed by atoms with Crippen molar-refractivity contribution in [2.24, 2.45) is 11.0 Å². The van der Waals surface area contributed by atoms with Gasteiger partial charge in [0.1, 0.15) is 0 Å². The van der Waals surface area contributed by atoms with Crippen molar-refractivity contribution in [3.63, 3.8) is 0 Å². The maximum absolute atomic E-state index is 11.4. The fourth-order valence-electron chi connectivity index (χ4n) is 2.03. The minimum Gasteiger partial charge on any atom is -0.450 e. The van der Waals surface area contributed by atoms with Crippen molar-refractivity contribution in [3.8, 4) is 0 Å². The lowest BCUT2D eigenvalue weighted by Crippen LogP contribution is -2.41. The topological polar surface area (TPSA) is 98.5 Å². The third-order valence-electron chi connectivity index (χ3n) is 3.00. The zero-order chi connectivity index (χ0) is 12.7. The van der Waals surface area contributed by atoms with Crippen LogP contribution in [0.3, 0.4) is 0 Å². The van der Waals surface area contributed by atoms with Gasteiger partial charge in [-0.3, -0.25) is 0 Å². The molecule has 0 aromatic rings. The van der Waals surface area contributed by atoms with Gasteiger partial charge >= 0.3 is 6.09 Å². The summed E-state index contributed by atoms with van der Waals surface area (Å²) in [6, 6.07) is -0.385. The second-order valence-corrected chi connectivity index (χ2v) is 3.98. The van der Waals surface area contributed by atoms with Gasteiger partial charge < -0.3 is 14.7 Å². The Morgan fingerprint density at radius 1 is 1.65 bits per heavy atom. The summed E-state index contributed by atoms with van der Waals surface area (Å²) in [5.41, 5.74) is 8.37. The average Bonchev–Trinajstić information content (AvgIpc) is 2.36. The minimum atomic E-state index is -0.385. The molecule has 1 saturated heterocycles. The van der Waals surface area contributed by atoms with Gasteiger partial charge in [0.05, 0.1) is 19.3 Å². The van der Waals surface area contributed by atoms with Crippen LogP contribution in [-0.4, -0.2) is 48.4 Å². The summed E-state index contributed by atoms with van der Waals surface area (Å²) in [6.45, 7) is 3.17. The third kappa shape index (κ3) is 3.80. The maximum atomic E-state index is 11.4. The molecule has 7 nitrogen and oxygen atoms in total. The van der Waals surface area contributed by atoms with E-state index in [1.807, 2.05) is 0 Å². The number of piperidine rings is 1. The number of nitrogens with zero attached hydrogens (tertiary/aromatic N) is 4. The summed E-state index contributed by atoms with van der Waals surface area (Å²) in [6.07, 6.45) is 1.15. The van der Waals surface area contributed by atoms with E-state index in [9.17, 15) is 4.79 Å². The Morgan fingerprint density at radius 2 is 2.29 bits per heavy atom. The van der Waals surface area contributed by atoms with Crippen LogP contribution in [0.4, 0.5) is 4.79 Å². The average molecular weight is 242 g/mol. The lowest BCUT2D eigenvalue weighted by molar-refractivity contribution is 0.0850. The first-order valence-electron chi connectivity index (χ1n) is 5.79. The fraction of sp³-hybridized carbons (Fsp3) is 0.900. The molecule has 0 aromatic carbocycles. The van der Waals surface area contributed by atoms with Crippen molar-refractivity contribution in [1.82, 2.24) is 4.90 Å². The van der Waals surface area contributed by atoms with Gasteiger partial charge in [-0.05, 0) is 31.2 Å². The summed E-state index contributed by atoms with van der Waals surface area (Å²) < 4.78 is 4.91. The molecular weight excluding hydrogens is 224 g/mol. The Kier molecular flexibility index (Phi) is 5.59. The Bertz CT molecular complexity index is 296. The predicted molar refractivity (Wildman–Crippen MR) is 61.3 cm³/mol. The van der Waals surface area contributed by atoms with Crippen LogP contribution >= 0.6 is 0 Å². The van der Waals surface area contributed by atoms with Crippen LogP contribution in [-0.2, 0) is 4.74 Å². The van der Waals surface area contributed by atoms with E-state index in [0.29, 0.717) is 19.7 Å². The molecule has 7 heteroatoms. The van der Waals surface area contributed by atoms with Crippen LogP contribution in [0.1, 0.15) is 19.8 Å². The maximum Gasteiger partial charge on any atom is 0.409 e. The number of ether oxygens (including phenoxy) is 1. The lowest BCUT2D eigenvalue weighted by atomic mass is 9.90. The molecule has 1 unspecified atom stereocenters. The first-order chi connectivity index (χ1) is 8.22. The minimum absolute atomic E-state index is 0.140. The normalized spacial score (nSPS) is 18.4. The third-order valence-corrected chi connectivity index (χ3v) is 3.00. The molecule has 0 aliphatic carbocycles. The van der Waals surface area contributed by atoms with Gasteiger partial charge in [-0.2, -0.15) is 0 Å². The second kappa shape index (κ2) is 6.98. The molecule has 0 aromatic heterocycles. The highest BCUT2D eigenvalue weighted by Crippen LogP contribution is 2.23. The summed E-state index contributed by atoms with van der Waals surface area (Å²) in [5, 5.41) is 12.7. The monoisotopic (exact) mass is 242 g/mol. The molecule has 17 heavy (non-hydrogen) atoms. The highest BCUT2D eigenvalue weighted by molar-refractivity contribution is 5.67. The quantitative estimate of drug-likeness (QED) is 0.459. The molecule has 1 atom stereocenters. The summed E-state index contributed by atoms with van der Waals surface area (Å²) in [7, 11) is 0. The molecule has 0 spiro atoms. The molecule has 1 amide bonds. The van der Waals surface area contributed by atoms with Gasteiger partial charge in [0.25, 0.3) is 0 Å². The molecule has 1 N–H and O–H groups in total. The van der Waals surface area contributed by atoms with Crippen molar-refractivity contribution in [2.75, 3.05) is 26.3 Å². The van der Waals surface area contributed by atoms with E-state index < -0.39 is 0 Å². The molecule has 0 radical (unpaired) electrons. The van der Waals surface area contributed by atoms with Crippen LogP contribution in [0.25, 0.3) is 10.4 Å². The summed E-state index contributed by atoms with van der Waals surface area (Å²) in [4.78, 5) is 15.8. The molecule has 0 saturated carbocycles. The number of amides is 1. The SMILES string of the molecule is CCOC(=O)N1CCC(C(CO)N=[N+]=[N-])CC1. The molecule has 1 fully saturated rings. The molecule has 1 heterocycles. The molecule has 0 bridgehead atoms. The largest absolute Gasteiger partial charge is 0.450 e. The van der Waals surface area contributed by atoms with Crippen molar-refractivity contribution in [3.05, 3.63) is 10.4 Å². The van der Waals surface area contributed by atoms with E-state index in [-0.39, 0.29) is 24.7 Å². The van der Waals surface area contributed by atoms with Gasteiger partial charge in [-0.25, -0.2) is 4.79 Å². The molecule has 96 valence electrons. The highest BCUT2D eigenvalue weighted by atomic mass is 16.6. The number of rotatable bonds is 4. The van der Waals surface area contributed by atoms with E-state index in [1.54, 1.807) is 11.8 Å². The number of carbonyl (C=O) groups excluding carboxylic acids is 1. The molecule has 1 aliphatic heterocycles. The Balaban J connectivity index is 2.44. The number of likely N-dealkylation sites (tertiary alicyclic amines) is 1. The van der Waals surface area contributed by atoms with Gasteiger partial charge in [0.15, 0.2) is 0 Å². The fourth-order valence-corrected chi connectivity index (χ4v) is 2.03. The van der Waals surface area contributed by atoms with Crippen LogP contribution < -0.4 is 0 Å². The van der Waals surface area contributed by atoms with Crippen LogP contribution in [0, 0.1) is 5.92 Å². The number of aliphatic hydroxyl groups excluding tert-OH is 1. The van der Waals surface area contributed by atoms with Crippen molar-refractivity contribution < 1.29 is 14.6 Å². The van der Waals surface area contributed by atoms with Gasteiger partial charge in [-0.1, -0.05) is 5.11 Å². The number of hydrogen-bond acceptors (Lipinski definition) is 4. The van der Waals surface area contributed by atoms with Crippen LogP contribution in [0.5, 0.6) is 0 Å². The Labute approximate surface area is 100.0 Å². The summed E-state index contributed by atoms with van der Waals surface area (Å²) in [5.74, 6) is 0.140. The zero-order valence-electron chi connectivity index (χ0n) is 9.95. The van der Waals surface area contributed by atoms with E-state index in [4.69, 9.17) is 15.4 Å². The molecular formula is C10H18N4O3. The first kappa shape index (κ1) is 13.6. The van der Waals surface area contributed by atoms with E-state index in [2.05, 4.69) is 10.0 Å². The zero-order valence-corrected chi connectivity index (χ0v) is 9.95. The van der Waals surface area contributed by atoms with Gasteiger partial charge in [0.2, 0.25) is 0 Å². The lowest BCUT2D eigenvalue weighted by Gasteiger charge is -2.33. The van der Waals surface area contributed by atoms with Gasteiger partial charge in [-0.15, -0.1) is 0 Å². The number of aliphatic hydroxyl groups is 1. The van der Waals surface area contributed by atoms with Gasteiger partial charge in [0, 0.05) is 18.0 Å². The number of hydrogen-bond donors (Lipinski definition) is 1. The first-order valence-corrected chi connectivity index (χ1v) is 5.79. The Hall–Kier alpha value is -1.46. The predicted octanol–water partition coefficient (Wildman–Crippen LogP) is 1.53. The van der Waals surface area contributed by atoms with E-state index in [0.717, 1.165) is 12.8 Å². The van der Waals surface area contributed by atoms with E-state index in [1.165, 1.54) is 0 Å². The Morgan fingerprint density at radius 3 is 2.76 bits per heavy atom.